The molecule has 2 aromatic heterocycles. The minimum absolute atomic E-state index is 0.0281. The molecule has 120 valence electrons. The molecule has 5 nitrogen and oxygen atoms in total. The Balaban J connectivity index is 1.67. The van der Waals surface area contributed by atoms with E-state index in [2.05, 4.69) is 20.6 Å². The molecule has 0 bridgehead atoms. The Morgan fingerprint density at radius 1 is 1.08 bits per heavy atom. The lowest BCUT2D eigenvalue weighted by molar-refractivity contribution is 0.102. The van der Waals surface area contributed by atoms with Gasteiger partial charge in [0, 0.05) is 18.1 Å². The fraction of sp³-hybridized carbons (Fsp3) is 0. The van der Waals surface area contributed by atoms with Crippen molar-refractivity contribution in [2.75, 3.05) is 10.6 Å². The van der Waals surface area contributed by atoms with E-state index in [1.165, 1.54) is 24.5 Å². The van der Waals surface area contributed by atoms with E-state index in [0.717, 1.165) is 0 Å². The average molecular weight is 343 g/mol. The molecule has 1 amide bonds. The standard InChI is InChI=1S/C17H12ClFN4O/c18-14-8-12(3-5-15(14)19)22-16-6-4-13(10-21-16)23-17(24)11-2-1-7-20-9-11/h1-10H,(H,21,22)(H,23,24). The molecule has 0 unspecified atom stereocenters. The third-order valence-corrected chi connectivity index (χ3v) is 3.43. The number of hydrogen-bond donors (Lipinski definition) is 2. The first kappa shape index (κ1) is 15.9. The quantitative estimate of drug-likeness (QED) is 0.743. The van der Waals surface area contributed by atoms with Gasteiger partial charge in [-0.1, -0.05) is 11.6 Å². The third kappa shape index (κ3) is 3.85. The molecule has 0 fully saturated rings. The minimum Gasteiger partial charge on any atom is -0.340 e. The van der Waals surface area contributed by atoms with E-state index in [1.54, 1.807) is 36.5 Å². The van der Waals surface area contributed by atoms with E-state index in [4.69, 9.17) is 11.6 Å². The number of rotatable bonds is 4. The summed E-state index contributed by atoms with van der Waals surface area (Å²) < 4.78 is 13.1. The second-order valence-electron chi connectivity index (χ2n) is 4.88. The largest absolute Gasteiger partial charge is 0.340 e. The Kier molecular flexibility index (Phi) is 4.67. The second kappa shape index (κ2) is 7.06. The van der Waals surface area contributed by atoms with Crippen LogP contribution in [0, 0.1) is 5.82 Å². The van der Waals surface area contributed by atoms with Crippen LogP contribution in [0.4, 0.5) is 21.6 Å². The number of anilines is 3. The number of carbonyl (C=O) groups excluding carboxylic acids is 1. The monoisotopic (exact) mass is 342 g/mol. The maximum absolute atomic E-state index is 13.1. The summed E-state index contributed by atoms with van der Waals surface area (Å²) in [6.45, 7) is 0. The molecule has 0 saturated heterocycles. The van der Waals surface area contributed by atoms with Gasteiger partial charge in [-0.25, -0.2) is 9.37 Å². The summed E-state index contributed by atoms with van der Waals surface area (Å²) in [6.07, 6.45) is 4.60. The zero-order valence-electron chi connectivity index (χ0n) is 12.3. The van der Waals surface area contributed by atoms with Crippen molar-refractivity contribution in [3.8, 4) is 0 Å². The van der Waals surface area contributed by atoms with Gasteiger partial charge in [0.2, 0.25) is 0 Å². The highest BCUT2D eigenvalue weighted by Crippen LogP contribution is 2.22. The summed E-state index contributed by atoms with van der Waals surface area (Å²) >= 11 is 5.73. The van der Waals surface area contributed by atoms with Crippen molar-refractivity contribution in [3.05, 3.63) is 77.5 Å². The molecule has 2 N–H and O–H groups in total. The van der Waals surface area contributed by atoms with E-state index in [9.17, 15) is 9.18 Å². The second-order valence-corrected chi connectivity index (χ2v) is 5.29. The van der Waals surface area contributed by atoms with Crippen LogP contribution < -0.4 is 10.6 Å². The lowest BCUT2D eigenvalue weighted by atomic mass is 10.2. The number of aromatic nitrogens is 2. The SMILES string of the molecule is O=C(Nc1ccc(Nc2ccc(F)c(Cl)c2)nc1)c1cccnc1. The van der Waals surface area contributed by atoms with Gasteiger partial charge in [0.05, 0.1) is 22.5 Å². The van der Waals surface area contributed by atoms with Crippen molar-refractivity contribution in [1.29, 1.82) is 0 Å². The number of pyridine rings is 2. The lowest BCUT2D eigenvalue weighted by Crippen LogP contribution is -2.12. The van der Waals surface area contributed by atoms with Crippen LogP contribution in [-0.2, 0) is 0 Å². The summed E-state index contributed by atoms with van der Waals surface area (Å²) in [5, 5.41) is 5.75. The molecule has 0 radical (unpaired) electrons. The first-order chi connectivity index (χ1) is 11.6. The molecular weight excluding hydrogens is 331 g/mol. The first-order valence-corrected chi connectivity index (χ1v) is 7.39. The van der Waals surface area contributed by atoms with E-state index < -0.39 is 5.82 Å². The van der Waals surface area contributed by atoms with E-state index in [0.29, 0.717) is 22.8 Å². The number of benzene rings is 1. The van der Waals surface area contributed by atoms with E-state index >= 15 is 0 Å². The van der Waals surface area contributed by atoms with Gasteiger partial charge >= 0.3 is 0 Å². The molecule has 0 saturated carbocycles. The highest BCUT2D eigenvalue weighted by atomic mass is 35.5. The Morgan fingerprint density at radius 2 is 1.92 bits per heavy atom. The van der Waals surface area contributed by atoms with Gasteiger partial charge < -0.3 is 10.6 Å². The van der Waals surface area contributed by atoms with Gasteiger partial charge in [0.1, 0.15) is 11.6 Å². The molecule has 2 heterocycles. The van der Waals surface area contributed by atoms with Crippen molar-refractivity contribution < 1.29 is 9.18 Å². The maximum Gasteiger partial charge on any atom is 0.257 e. The summed E-state index contributed by atoms with van der Waals surface area (Å²) in [4.78, 5) is 20.1. The molecule has 3 aromatic rings. The maximum atomic E-state index is 13.1. The minimum atomic E-state index is -0.483. The molecular formula is C17H12ClFN4O. The van der Waals surface area contributed by atoms with E-state index in [-0.39, 0.29) is 10.9 Å². The van der Waals surface area contributed by atoms with Crippen molar-refractivity contribution in [2.45, 2.75) is 0 Å². The third-order valence-electron chi connectivity index (χ3n) is 3.14. The van der Waals surface area contributed by atoms with Gasteiger partial charge in [0.15, 0.2) is 0 Å². The summed E-state index contributed by atoms with van der Waals surface area (Å²) in [5.74, 6) is -0.211. The Hall–Kier alpha value is -2.99. The smallest absolute Gasteiger partial charge is 0.257 e. The fourth-order valence-corrected chi connectivity index (χ4v) is 2.14. The molecule has 3 rings (SSSR count). The highest BCUT2D eigenvalue weighted by molar-refractivity contribution is 6.31. The van der Waals surface area contributed by atoms with Crippen LogP contribution in [0.3, 0.4) is 0 Å². The van der Waals surface area contributed by atoms with Gasteiger partial charge in [0.25, 0.3) is 5.91 Å². The predicted octanol–water partition coefficient (Wildman–Crippen LogP) is 4.27. The van der Waals surface area contributed by atoms with Crippen molar-refractivity contribution in [3.63, 3.8) is 0 Å². The number of nitrogens with one attached hydrogen (secondary N) is 2. The highest BCUT2D eigenvalue weighted by Gasteiger charge is 2.06. The van der Waals surface area contributed by atoms with Crippen LogP contribution in [0.5, 0.6) is 0 Å². The van der Waals surface area contributed by atoms with Crippen LogP contribution >= 0.6 is 11.6 Å². The number of amides is 1. The van der Waals surface area contributed by atoms with Gasteiger partial charge in [-0.3, -0.25) is 9.78 Å². The molecule has 0 aliphatic heterocycles. The zero-order valence-corrected chi connectivity index (χ0v) is 13.1. The molecule has 0 aliphatic carbocycles. The lowest BCUT2D eigenvalue weighted by Gasteiger charge is -2.08. The normalized spacial score (nSPS) is 10.2. The molecule has 1 aromatic carbocycles. The van der Waals surface area contributed by atoms with Crippen LogP contribution in [0.1, 0.15) is 10.4 Å². The zero-order chi connectivity index (χ0) is 16.9. The number of nitrogens with zero attached hydrogens (tertiary/aromatic N) is 2. The molecule has 0 aliphatic rings. The Labute approximate surface area is 142 Å². The average Bonchev–Trinajstić information content (AvgIpc) is 2.61. The van der Waals surface area contributed by atoms with Gasteiger partial charge in [-0.2, -0.15) is 0 Å². The van der Waals surface area contributed by atoms with Crippen LogP contribution in [0.25, 0.3) is 0 Å². The number of halogens is 2. The Bertz CT molecular complexity index is 856. The molecule has 7 heteroatoms. The number of carbonyl (C=O) groups is 1. The van der Waals surface area contributed by atoms with Gasteiger partial charge in [-0.15, -0.1) is 0 Å². The topological polar surface area (TPSA) is 66.9 Å². The molecule has 0 atom stereocenters. The van der Waals surface area contributed by atoms with E-state index in [1.807, 2.05) is 0 Å². The Morgan fingerprint density at radius 3 is 2.58 bits per heavy atom. The fourth-order valence-electron chi connectivity index (χ4n) is 1.96. The van der Waals surface area contributed by atoms with Crippen molar-refractivity contribution in [1.82, 2.24) is 9.97 Å². The predicted molar refractivity (Wildman–Crippen MR) is 91.1 cm³/mol. The van der Waals surface area contributed by atoms with Crippen molar-refractivity contribution >= 4 is 34.7 Å². The van der Waals surface area contributed by atoms with Crippen molar-refractivity contribution in [2.24, 2.45) is 0 Å². The van der Waals surface area contributed by atoms with Crippen LogP contribution in [0.2, 0.25) is 5.02 Å². The number of hydrogen-bond acceptors (Lipinski definition) is 4. The first-order valence-electron chi connectivity index (χ1n) is 7.01. The summed E-state index contributed by atoms with van der Waals surface area (Å²) in [7, 11) is 0. The summed E-state index contributed by atoms with van der Waals surface area (Å²) in [6, 6.07) is 11.0. The van der Waals surface area contributed by atoms with Crippen LogP contribution in [0.15, 0.2) is 61.1 Å². The molecule has 24 heavy (non-hydrogen) atoms. The van der Waals surface area contributed by atoms with Crippen LogP contribution in [-0.4, -0.2) is 15.9 Å². The van der Waals surface area contributed by atoms with Gasteiger partial charge in [-0.05, 0) is 42.5 Å². The molecule has 0 spiro atoms. The summed E-state index contributed by atoms with van der Waals surface area (Å²) in [5.41, 5.74) is 1.62.